The molecule has 1 aromatic heterocycles. The van der Waals surface area contributed by atoms with Gasteiger partial charge in [0.05, 0.1) is 17.5 Å². The van der Waals surface area contributed by atoms with Crippen molar-refractivity contribution < 1.29 is 15.0 Å². The first kappa shape index (κ1) is 12.9. The summed E-state index contributed by atoms with van der Waals surface area (Å²) in [6, 6.07) is 5.22. The molecule has 18 heavy (non-hydrogen) atoms. The van der Waals surface area contributed by atoms with Gasteiger partial charge in [-0.25, -0.2) is 4.98 Å². The number of carboxylic acid groups (broad SMARTS) is 1. The Morgan fingerprint density at radius 2 is 2.28 bits per heavy atom. The highest BCUT2D eigenvalue weighted by molar-refractivity contribution is 6.31. The van der Waals surface area contributed by atoms with E-state index in [1.54, 1.807) is 22.8 Å². The van der Waals surface area contributed by atoms with E-state index in [1.807, 2.05) is 6.92 Å². The lowest BCUT2D eigenvalue weighted by atomic mass is 10.2. The van der Waals surface area contributed by atoms with Gasteiger partial charge in [-0.3, -0.25) is 4.79 Å². The highest BCUT2D eigenvalue weighted by atomic mass is 35.5. The maximum atomic E-state index is 10.6. The molecule has 6 heteroatoms. The summed E-state index contributed by atoms with van der Waals surface area (Å²) in [5.41, 5.74) is 1.49. The predicted molar refractivity (Wildman–Crippen MR) is 67.6 cm³/mol. The Balaban J connectivity index is 2.53. The molecule has 0 spiro atoms. The maximum absolute atomic E-state index is 10.6. The van der Waals surface area contributed by atoms with E-state index in [-0.39, 0.29) is 6.42 Å². The van der Waals surface area contributed by atoms with Gasteiger partial charge >= 0.3 is 5.97 Å². The molecule has 2 rings (SSSR count). The van der Waals surface area contributed by atoms with Crippen LogP contribution in [0, 0.1) is 0 Å². The molecule has 1 unspecified atom stereocenters. The van der Waals surface area contributed by atoms with Gasteiger partial charge in [-0.1, -0.05) is 11.6 Å². The van der Waals surface area contributed by atoms with Crippen molar-refractivity contribution in [1.82, 2.24) is 9.55 Å². The van der Waals surface area contributed by atoms with Crippen molar-refractivity contribution >= 4 is 28.6 Å². The van der Waals surface area contributed by atoms with Crippen LogP contribution in [0.1, 0.15) is 25.3 Å². The van der Waals surface area contributed by atoms with E-state index in [0.29, 0.717) is 22.9 Å². The van der Waals surface area contributed by atoms with Gasteiger partial charge in [-0.2, -0.15) is 0 Å². The standard InChI is InChI=1S/C12H13ClN2O3/c1-2-15-9-5-7(13)3-4-8(9)14-12(15)10(16)6-11(17)18/h3-5,10,16H,2,6H2,1H3,(H,17,18). The molecule has 0 radical (unpaired) electrons. The van der Waals surface area contributed by atoms with Gasteiger partial charge in [0.15, 0.2) is 0 Å². The Labute approximate surface area is 109 Å². The number of benzene rings is 1. The summed E-state index contributed by atoms with van der Waals surface area (Å²) < 4.78 is 1.77. The molecule has 1 atom stereocenters. The number of aliphatic hydroxyl groups excluding tert-OH is 1. The fraction of sp³-hybridized carbons (Fsp3) is 0.333. The molecule has 0 bridgehead atoms. The minimum absolute atomic E-state index is 0.358. The van der Waals surface area contributed by atoms with Gasteiger partial charge < -0.3 is 14.8 Å². The second-order valence-electron chi connectivity index (χ2n) is 3.96. The monoisotopic (exact) mass is 268 g/mol. The topological polar surface area (TPSA) is 75.4 Å². The summed E-state index contributed by atoms with van der Waals surface area (Å²) >= 11 is 5.92. The lowest BCUT2D eigenvalue weighted by molar-refractivity contribution is -0.139. The molecule has 2 aromatic rings. The highest BCUT2D eigenvalue weighted by Gasteiger charge is 2.20. The van der Waals surface area contributed by atoms with Crippen LogP contribution in [0.25, 0.3) is 11.0 Å². The third-order valence-electron chi connectivity index (χ3n) is 2.72. The molecular formula is C12H13ClN2O3. The van der Waals surface area contributed by atoms with E-state index in [2.05, 4.69) is 4.98 Å². The van der Waals surface area contributed by atoms with Crippen LogP contribution in [0.5, 0.6) is 0 Å². The second kappa shape index (κ2) is 4.96. The van der Waals surface area contributed by atoms with Gasteiger partial charge in [0.25, 0.3) is 0 Å². The Bertz CT molecular complexity index is 594. The first-order chi connectivity index (χ1) is 8.52. The van der Waals surface area contributed by atoms with Crippen LogP contribution in [-0.4, -0.2) is 25.7 Å². The number of rotatable bonds is 4. The van der Waals surface area contributed by atoms with Crippen molar-refractivity contribution in [3.05, 3.63) is 29.0 Å². The lowest BCUT2D eigenvalue weighted by Gasteiger charge is -2.10. The van der Waals surface area contributed by atoms with Crippen LogP contribution in [-0.2, 0) is 11.3 Å². The normalized spacial score (nSPS) is 12.8. The minimum Gasteiger partial charge on any atom is -0.481 e. The first-order valence-corrected chi connectivity index (χ1v) is 5.96. The minimum atomic E-state index is -1.12. The molecule has 0 saturated carbocycles. The zero-order chi connectivity index (χ0) is 13.3. The molecular weight excluding hydrogens is 256 g/mol. The van der Waals surface area contributed by atoms with Crippen LogP contribution in [0.15, 0.2) is 18.2 Å². The summed E-state index contributed by atoms with van der Waals surface area (Å²) in [6.45, 7) is 2.49. The van der Waals surface area contributed by atoms with Crippen molar-refractivity contribution in [3.8, 4) is 0 Å². The Hall–Kier alpha value is -1.59. The molecule has 0 aliphatic carbocycles. The summed E-state index contributed by atoms with van der Waals surface area (Å²) in [4.78, 5) is 14.9. The second-order valence-corrected chi connectivity index (χ2v) is 4.40. The molecule has 96 valence electrons. The Morgan fingerprint density at radius 3 is 2.89 bits per heavy atom. The van der Waals surface area contributed by atoms with Gasteiger partial charge in [-0.15, -0.1) is 0 Å². The molecule has 1 aromatic carbocycles. The molecule has 0 amide bonds. The van der Waals surface area contributed by atoms with Crippen molar-refractivity contribution in [2.45, 2.75) is 26.0 Å². The van der Waals surface area contributed by atoms with Crippen LogP contribution < -0.4 is 0 Å². The molecule has 0 fully saturated rings. The van der Waals surface area contributed by atoms with Gasteiger partial charge in [-0.05, 0) is 25.1 Å². The number of carboxylic acids is 1. The fourth-order valence-corrected chi connectivity index (χ4v) is 2.12. The number of aliphatic carboxylic acids is 1. The number of imidazole rings is 1. The first-order valence-electron chi connectivity index (χ1n) is 5.58. The average Bonchev–Trinajstić information content (AvgIpc) is 2.65. The van der Waals surface area contributed by atoms with E-state index in [9.17, 15) is 9.90 Å². The van der Waals surface area contributed by atoms with E-state index in [0.717, 1.165) is 5.52 Å². The van der Waals surface area contributed by atoms with Gasteiger partial charge in [0, 0.05) is 11.6 Å². The van der Waals surface area contributed by atoms with Crippen molar-refractivity contribution in [2.24, 2.45) is 0 Å². The summed E-state index contributed by atoms with van der Waals surface area (Å²) in [7, 11) is 0. The molecule has 1 heterocycles. The number of fused-ring (bicyclic) bond motifs is 1. The summed E-state index contributed by atoms with van der Waals surface area (Å²) in [6.07, 6.45) is -1.48. The molecule has 2 N–H and O–H groups in total. The zero-order valence-corrected chi connectivity index (χ0v) is 10.6. The van der Waals surface area contributed by atoms with Crippen molar-refractivity contribution in [1.29, 1.82) is 0 Å². The van der Waals surface area contributed by atoms with E-state index < -0.39 is 12.1 Å². The van der Waals surface area contributed by atoms with Crippen LogP contribution >= 0.6 is 11.6 Å². The molecule has 0 aliphatic heterocycles. The van der Waals surface area contributed by atoms with Crippen molar-refractivity contribution in [3.63, 3.8) is 0 Å². The SMILES string of the molecule is CCn1c(C(O)CC(=O)O)nc2ccc(Cl)cc21. The predicted octanol–water partition coefficient (Wildman–Crippen LogP) is 2.22. The number of aliphatic hydroxyl groups is 1. The van der Waals surface area contributed by atoms with Gasteiger partial charge in [0.1, 0.15) is 11.9 Å². The lowest BCUT2D eigenvalue weighted by Crippen LogP contribution is -2.11. The molecule has 5 nitrogen and oxygen atoms in total. The van der Waals surface area contributed by atoms with Crippen LogP contribution in [0.4, 0.5) is 0 Å². The zero-order valence-electron chi connectivity index (χ0n) is 9.80. The molecule has 0 aliphatic rings. The number of carbonyl (C=O) groups is 1. The van der Waals surface area contributed by atoms with E-state index >= 15 is 0 Å². The Kier molecular flexibility index (Phi) is 3.54. The third kappa shape index (κ3) is 2.32. The number of halogens is 1. The maximum Gasteiger partial charge on any atom is 0.306 e. The highest BCUT2D eigenvalue weighted by Crippen LogP contribution is 2.25. The van der Waals surface area contributed by atoms with E-state index in [4.69, 9.17) is 16.7 Å². The summed E-state index contributed by atoms with van der Waals surface area (Å²) in [5, 5.41) is 19.2. The quantitative estimate of drug-likeness (QED) is 0.891. The smallest absolute Gasteiger partial charge is 0.306 e. The van der Waals surface area contributed by atoms with Crippen LogP contribution in [0.3, 0.4) is 0 Å². The number of nitrogens with zero attached hydrogens (tertiary/aromatic N) is 2. The molecule has 0 saturated heterocycles. The largest absolute Gasteiger partial charge is 0.481 e. The van der Waals surface area contributed by atoms with Crippen molar-refractivity contribution in [2.75, 3.05) is 0 Å². The number of aryl methyl sites for hydroxylation is 1. The summed E-state index contributed by atoms with van der Waals surface area (Å²) in [5.74, 6) is -0.701. The van der Waals surface area contributed by atoms with E-state index in [1.165, 1.54) is 0 Å². The number of aromatic nitrogens is 2. The third-order valence-corrected chi connectivity index (χ3v) is 2.96. The number of hydrogen-bond acceptors (Lipinski definition) is 3. The Morgan fingerprint density at radius 1 is 1.56 bits per heavy atom. The number of hydrogen-bond donors (Lipinski definition) is 2. The van der Waals surface area contributed by atoms with Gasteiger partial charge in [0.2, 0.25) is 0 Å². The fourth-order valence-electron chi connectivity index (χ4n) is 1.96. The van der Waals surface area contributed by atoms with Crippen LogP contribution in [0.2, 0.25) is 5.02 Å². The average molecular weight is 269 g/mol.